The van der Waals surface area contributed by atoms with Crippen LogP contribution in [0.5, 0.6) is 0 Å². The third kappa shape index (κ3) is 5.37. The number of aryl methyl sites for hydroxylation is 1. The van der Waals surface area contributed by atoms with E-state index in [9.17, 15) is 0 Å². The van der Waals surface area contributed by atoms with Crippen molar-refractivity contribution in [1.82, 2.24) is 15.2 Å². The Morgan fingerprint density at radius 3 is 2.74 bits per heavy atom. The van der Waals surface area contributed by atoms with Crippen LogP contribution < -0.4 is 5.32 Å². The molecular weight excluding hydrogens is 351 g/mol. The van der Waals surface area contributed by atoms with Gasteiger partial charge >= 0.3 is 0 Å². The van der Waals surface area contributed by atoms with E-state index in [-0.39, 0.29) is 0 Å². The van der Waals surface area contributed by atoms with E-state index >= 15 is 0 Å². The van der Waals surface area contributed by atoms with Crippen molar-refractivity contribution >= 4 is 40.5 Å². The highest BCUT2D eigenvalue weighted by Crippen LogP contribution is 2.23. The van der Waals surface area contributed by atoms with Gasteiger partial charge in [0.1, 0.15) is 0 Å². The zero-order valence-corrected chi connectivity index (χ0v) is 15.8. The van der Waals surface area contributed by atoms with Crippen molar-refractivity contribution < 1.29 is 0 Å². The first-order valence-corrected chi connectivity index (χ1v) is 8.84. The molecule has 0 spiro atoms. The second-order valence-corrected chi connectivity index (χ2v) is 7.33. The van der Waals surface area contributed by atoms with Gasteiger partial charge < -0.3 is 10.2 Å². The Morgan fingerprint density at radius 1 is 1.35 bits per heavy atom. The lowest BCUT2D eigenvalue weighted by Gasteiger charge is -2.22. The van der Waals surface area contributed by atoms with Crippen molar-refractivity contribution in [2.45, 2.75) is 19.9 Å². The van der Waals surface area contributed by atoms with Crippen molar-refractivity contribution in [3.05, 3.63) is 49.9 Å². The van der Waals surface area contributed by atoms with E-state index < -0.39 is 0 Å². The number of aliphatic imine (C=N–C) groups is 1. The highest BCUT2D eigenvalue weighted by Gasteiger charge is 2.08. The molecule has 2 rings (SSSR count). The molecule has 23 heavy (non-hydrogen) atoms. The summed E-state index contributed by atoms with van der Waals surface area (Å²) < 4.78 is 0. The summed E-state index contributed by atoms with van der Waals surface area (Å²) in [7, 11) is 3.77. The molecule has 0 atom stereocenters. The third-order valence-corrected chi connectivity index (χ3v) is 4.98. The first-order chi connectivity index (χ1) is 11.0. The maximum atomic E-state index is 6.06. The summed E-state index contributed by atoms with van der Waals surface area (Å²) in [5, 5.41) is 5.63. The number of hydrogen-bond donors (Lipinski definition) is 1. The molecular formula is C16H20Cl2N4S. The minimum Gasteiger partial charge on any atom is -0.356 e. The highest BCUT2D eigenvalue weighted by atomic mass is 35.5. The molecule has 1 aromatic heterocycles. The van der Waals surface area contributed by atoms with Gasteiger partial charge in [0.25, 0.3) is 0 Å². The Bertz CT molecular complexity index is 684. The van der Waals surface area contributed by atoms with Gasteiger partial charge in [-0.2, -0.15) is 0 Å². The second kappa shape index (κ2) is 8.52. The van der Waals surface area contributed by atoms with E-state index in [4.69, 9.17) is 23.2 Å². The molecule has 0 aliphatic rings. The van der Waals surface area contributed by atoms with E-state index in [1.165, 1.54) is 4.88 Å². The minimum absolute atomic E-state index is 0.569. The molecule has 0 saturated heterocycles. The maximum absolute atomic E-state index is 6.06. The minimum atomic E-state index is 0.569. The molecule has 1 heterocycles. The summed E-state index contributed by atoms with van der Waals surface area (Å²) in [4.78, 5) is 12.0. The van der Waals surface area contributed by atoms with Gasteiger partial charge in [0.2, 0.25) is 0 Å². The normalized spacial score (nSPS) is 11.6. The average Bonchev–Trinajstić information content (AvgIpc) is 2.93. The monoisotopic (exact) mass is 370 g/mol. The fourth-order valence-electron chi connectivity index (χ4n) is 2.17. The molecule has 0 radical (unpaired) electrons. The van der Waals surface area contributed by atoms with Gasteiger partial charge in [0.15, 0.2) is 5.96 Å². The SMILES string of the molecule is CN=C(NCCc1ncc(C)s1)N(C)Cc1ccc(Cl)c(Cl)c1. The molecule has 0 aliphatic heterocycles. The molecule has 1 N–H and O–H groups in total. The molecule has 0 amide bonds. The number of halogens is 2. The van der Waals surface area contributed by atoms with Crippen LogP contribution >= 0.6 is 34.5 Å². The largest absolute Gasteiger partial charge is 0.356 e. The van der Waals surface area contributed by atoms with Crippen LogP contribution in [0.4, 0.5) is 0 Å². The number of rotatable bonds is 5. The van der Waals surface area contributed by atoms with Crippen molar-refractivity contribution in [1.29, 1.82) is 0 Å². The van der Waals surface area contributed by atoms with Crippen molar-refractivity contribution in [2.24, 2.45) is 4.99 Å². The predicted octanol–water partition coefficient (Wildman–Crippen LogP) is 4.01. The van der Waals surface area contributed by atoms with E-state index in [0.717, 1.165) is 29.5 Å². The molecule has 124 valence electrons. The van der Waals surface area contributed by atoms with Gasteiger partial charge in [-0.1, -0.05) is 29.3 Å². The lowest BCUT2D eigenvalue weighted by Crippen LogP contribution is -2.39. The van der Waals surface area contributed by atoms with Gasteiger partial charge in [-0.15, -0.1) is 11.3 Å². The Kier molecular flexibility index (Phi) is 6.69. The molecule has 0 fully saturated rings. The summed E-state index contributed by atoms with van der Waals surface area (Å²) in [5.74, 6) is 0.837. The van der Waals surface area contributed by atoms with Crippen molar-refractivity contribution in [3.8, 4) is 0 Å². The van der Waals surface area contributed by atoms with Crippen LogP contribution in [0.2, 0.25) is 10.0 Å². The van der Waals surface area contributed by atoms with E-state index in [0.29, 0.717) is 16.6 Å². The van der Waals surface area contributed by atoms with Gasteiger partial charge in [-0.25, -0.2) is 4.98 Å². The van der Waals surface area contributed by atoms with Crippen molar-refractivity contribution in [2.75, 3.05) is 20.6 Å². The smallest absolute Gasteiger partial charge is 0.193 e. The molecule has 0 bridgehead atoms. The molecule has 7 heteroatoms. The standard InChI is InChI=1S/C16H20Cl2N4S/c1-11-9-21-15(23-11)6-7-20-16(19-2)22(3)10-12-4-5-13(17)14(18)8-12/h4-5,8-9H,6-7,10H2,1-3H3,(H,19,20). The van der Waals surface area contributed by atoms with Gasteiger partial charge in [0, 0.05) is 44.7 Å². The zero-order valence-electron chi connectivity index (χ0n) is 13.4. The summed E-state index contributed by atoms with van der Waals surface area (Å²) >= 11 is 13.7. The number of hydrogen-bond acceptors (Lipinski definition) is 3. The van der Waals surface area contributed by atoms with Gasteiger partial charge in [-0.05, 0) is 24.6 Å². The van der Waals surface area contributed by atoms with E-state index in [2.05, 4.69) is 22.2 Å². The number of benzene rings is 1. The summed E-state index contributed by atoms with van der Waals surface area (Å²) in [5.41, 5.74) is 1.08. The van der Waals surface area contributed by atoms with Crippen LogP contribution in [-0.2, 0) is 13.0 Å². The van der Waals surface area contributed by atoms with Gasteiger partial charge in [0.05, 0.1) is 15.1 Å². The van der Waals surface area contributed by atoms with Crippen LogP contribution in [0.25, 0.3) is 0 Å². The van der Waals surface area contributed by atoms with Crippen LogP contribution in [0.1, 0.15) is 15.4 Å². The van der Waals surface area contributed by atoms with Crippen molar-refractivity contribution in [3.63, 3.8) is 0 Å². The fraction of sp³-hybridized carbons (Fsp3) is 0.375. The van der Waals surface area contributed by atoms with Crippen LogP contribution in [0.15, 0.2) is 29.4 Å². The zero-order chi connectivity index (χ0) is 16.8. The number of guanidine groups is 1. The summed E-state index contributed by atoms with van der Waals surface area (Å²) in [6.45, 7) is 3.57. The summed E-state index contributed by atoms with van der Waals surface area (Å²) in [6, 6.07) is 5.66. The Labute approximate surface area is 151 Å². The molecule has 0 aliphatic carbocycles. The summed E-state index contributed by atoms with van der Waals surface area (Å²) in [6.07, 6.45) is 2.80. The predicted molar refractivity (Wildman–Crippen MR) is 99.8 cm³/mol. The number of nitrogens with zero attached hydrogens (tertiary/aromatic N) is 3. The molecule has 1 aromatic carbocycles. The van der Waals surface area contributed by atoms with Crippen LogP contribution in [0, 0.1) is 6.92 Å². The Morgan fingerprint density at radius 2 is 2.13 bits per heavy atom. The van der Waals surface area contributed by atoms with Gasteiger partial charge in [-0.3, -0.25) is 4.99 Å². The average molecular weight is 371 g/mol. The van der Waals surface area contributed by atoms with E-state index in [1.54, 1.807) is 18.4 Å². The molecule has 0 unspecified atom stereocenters. The topological polar surface area (TPSA) is 40.5 Å². The molecule has 4 nitrogen and oxygen atoms in total. The maximum Gasteiger partial charge on any atom is 0.193 e. The van der Waals surface area contributed by atoms with Crippen LogP contribution in [0.3, 0.4) is 0 Å². The van der Waals surface area contributed by atoms with Crippen LogP contribution in [-0.4, -0.2) is 36.5 Å². The lowest BCUT2D eigenvalue weighted by molar-refractivity contribution is 0.477. The first kappa shape index (κ1) is 18.0. The number of aromatic nitrogens is 1. The highest BCUT2D eigenvalue weighted by molar-refractivity contribution is 7.11. The Balaban J connectivity index is 1.88. The fourth-order valence-corrected chi connectivity index (χ4v) is 3.28. The number of thiazole rings is 1. The Hall–Kier alpha value is -1.30. The van der Waals surface area contributed by atoms with E-state index in [1.807, 2.05) is 36.3 Å². The lowest BCUT2D eigenvalue weighted by atomic mass is 10.2. The molecule has 0 saturated carbocycles. The quantitative estimate of drug-likeness (QED) is 0.638. The second-order valence-electron chi connectivity index (χ2n) is 5.19. The molecule has 2 aromatic rings. The third-order valence-electron chi connectivity index (χ3n) is 3.27. The number of nitrogens with one attached hydrogen (secondary N) is 1. The first-order valence-electron chi connectivity index (χ1n) is 7.26.